The van der Waals surface area contributed by atoms with Crippen LogP contribution < -0.4 is 5.73 Å². The maximum absolute atomic E-state index is 5.80. The second-order valence-corrected chi connectivity index (χ2v) is 4.61. The number of aromatic amines is 1. The van der Waals surface area contributed by atoms with E-state index in [9.17, 15) is 0 Å². The zero-order valence-electron chi connectivity index (χ0n) is 10.5. The summed E-state index contributed by atoms with van der Waals surface area (Å²) in [5.74, 6) is 0.867. The Kier molecular flexibility index (Phi) is 2.33. The highest BCUT2D eigenvalue weighted by molar-refractivity contribution is 5.83. The predicted octanol–water partition coefficient (Wildman–Crippen LogP) is 3.43. The summed E-state index contributed by atoms with van der Waals surface area (Å²) in [6.45, 7) is 4.20. The van der Waals surface area contributed by atoms with Gasteiger partial charge in [0.1, 0.15) is 5.82 Å². The monoisotopic (exact) mass is 237 g/mol. The summed E-state index contributed by atoms with van der Waals surface area (Å²) in [6.07, 6.45) is 0. The second-order valence-electron chi connectivity index (χ2n) is 4.61. The van der Waals surface area contributed by atoms with E-state index in [1.54, 1.807) is 0 Å². The average molecular weight is 237 g/mol. The number of H-pyrrole nitrogens is 1. The number of fused-ring (bicyclic) bond motifs is 1. The standard InChI is InChI=1S/C15H15N3/c1-9-6-7-13-14(10(9)2)18-15(17-13)11-4-3-5-12(16)8-11/h3-8H,16H2,1-2H3,(H,17,18). The Morgan fingerprint density at radius 2 is 1.94 bits per heavy atom. The Bertz CT molecular complexity index is 726. The molecule has 3 rings (SSSR count). The van der Waals surface area contributed by atoms with E-state index < -0.39 is 0 Å². The van der Waals surface area contributed by atoms with Crippen LogP contribution in [0.2, 0.25) is 0 Å². The Balaban J connectivity index is 2.23. The van der Waals surface area contributed by atoms with Crippen molar-refractivity contribution in [2.45, 2.75) is 13.8 Å². The van der Waals surface area contributed by atoms with Crippen molar-refractivity contribution in [1.82, 2.24) is 9.97 Å². The molecule has 3 N–H and O–H groups in total. The van der Waals surface area contributed by atoms with Gasteiger partial charge in [0.25, 0.3) is 0 Å². The zero-order chi connectivity index (χ0) is 12.7. The molecule has 0 radical (unpaired) electrons. The van der Waals surface area contributed by atoms with Gasteiger partial charge in [-0.15, -0.1) is 0 Å². The van der Waals surface area contributed by atoms with Crippen LogP contribution >= 0.6 is 0 Å². The minimum Gasteiger partial charge on any atom is -0.399 e. The van der Waals surface area contributed by atoms with Crippen molar-refractivity contribution < 1.29 is 0 Å². The van der Waals surface area contributed by atoms with Crippen LogP contribution in [0, 0.1) is 13.8 Å². The van der Waals surface area contributed by atoms with Crippen LogP contribution in [0.5, 0.6) is 0 Å². The fourth-order valence-electron chi connectivity index (χ4n) is 2.14. The van der Waals surface area contributed by atoms with Crippen LogP contribution in [0.15, 0.2) is 36.4 Å². The van der Waals surface area contributed by atoms with E-state index in [2.05, 4.69) is 35.9 Å². The third-order valence-electron chi connectivity index (χ3n) is 3.34. The molecule has 3 aromatic rings. The van der Waals surface area contributed by atoms with Gasteiger partial charge in [0.05, 0.1) is 11.0 Å². The smallest absolute Gasteiger partial charge is 0.138 e. The first-order valence-electron chi connectivity index (χ1n) is 5.97. The number of nitrogens with two attached hydrogens (primary N) is 1. The molecule has 0 aliphatic heterocycles. The highest BCUT2D eigenvalue weighted by Gasteiger charge is 2.08. The van der Waals surface area contributed by atoms with Crippen molar-refractivity contribution in [3.05, 3.63) is 47.5 Å². The van der Waals surface area contributed by atoms with Crippen LogP contribution in [-0.4, -0.2) is 9.97 Å². The molecule has 18 heavy (non-hydrogen) atoms. The lowest BCUT2D eigenvalue weighted by atomic mass is 10.1. The number of nitrogen functional groups attached to an aromatic ring is 1. The van der Waals surface area contributed by atoms with E-state index in [4.69, 9.17) is 5.73 Å². The van der Waals surface area contributed by atoms with Crippen molar-refractivity contribution >= 4 is 16.7 Å². The van der Waals surface area contributed by atoms with Gasteiger partial charge in [-0.25, -0.2) is 4.98 Å². The molecule has 0 aliphatic carbocycles. The van der Waals surface area contributed by atoms with Gasteiger partial charge in [-0.05, 0) is 43.2 Å². The number of anilines is 1. The number of aromatic nitrogens is 2. The maximum atomic E-state index is 5.80. The van der Waals surface area contributed by atoms with Crippen LogP contribution in [0.1, 0.15) is 11.1 Å². The van der Waals surface area contributed by atoms with E-state index in [1.807, 2.05) is 24.3 Å². The first-order valence-corrected chi connectivity index (χ1v) is 5.97. The summed E-state index contributed by atoms with van der Waals surface area (Å²) in [4.78, 5) is 8.01. The molecule has 0 saturated carbocycles. The summed E-state index contributed by atoms with van der Waals surface area (Å²) < 4.78 is 0. The topological polar surface area (TPSA) is 54.7 Å². The number of hydrogen-bond acceptors (Lipinski definition) is 2. The van der Waals surface area contributed by atoms with Gasteiger partial charge in [-0.3, -0.25) is 0 Å². The van der Waals surface area contributed by atoms with Gasteiger partial charge in [0.2, 0.25) is 0 Å². The minimum atomic E-state index is 0.751. The predicted molar refractivity (Wildman–Crippen MR) is 75.4 cm³/mol. The van der Waals surface area contributed by atoms with Crippen molar-refractivity contribution in [2.24, 2.45) is 0 Å². The summed E-state index contributed by atoms with van der Waals surface area (Å²) in [6, 6.07) is 11.9. The van der Waals surface area contributed by atoms with Crippen molar-refractivity contribution in [3.8, 4) is 11.4 Å². The second kappa shape index (κ2) is 3.88. The van der Waals surface area contributed by atoms with Gasteiger partial charge in [0.15, 0.2) is 0 Å². The van der Waals surface area contributed by atoms with Crippen molar-refractivity contribution in [1.29, 1.82) is 0 Å². The average Bonchev–Trinajstić information content (AvgIpc) is 2.79. The molecule has 0 bridgehead atoms. The number of imidazole rings is 1. The molecule has 0 saturated heterocycles. The lowest BCUT2D eigenvalue weighted by Gasteiger charge is -1.98. The molecule has 1 heterocycles. The molecule has 0 atom stereocenters. The van der Waals surface area contributed by atoms with Gasteiger partial charge in [0, 0.05) is 11.3 Å². The molecular weight excluding hydrogens is 222 g/mol. The number of hydrogen-bond donors (Lipinski definition) is 2. The minimum absolute atomic E-state index is 0.751. The molecule has 0 fully saturated rings. The number of nitrogens with zero attached hydrogens (tertiary/aromatic N) is 1. The Morgan fingerprint density at radius 3 is 2.72 bits per heavy atom. The molecular formula is C15H15N3. The van der Waals surface area contributed by atoms with Crippen LogP contribution in [0.25, 0.3) is 22.4 Å². The highest BCUT2D eigenvalue weighted by Crippen LogP contribution is 2.25. The maximum Gasteiger partial charge on any atom is 0.138 e. The van der Waals surface area contributed by atoms with E-state index in [1.165, 1.54) is 11.1 Å². The number of benzene rings is 2. The number of nitrogens with one attached hydrogen (secondary N) is 1. The van der Waals surface area contributed by atoms with E-state index in [0.717, 1.165) is 28.1 Å². The SMILES string of the molecule is Cc1ccc2[nH]c(-c3cccc(N)c3)nc2c1C. The van der Waals surface area contributed by atoms with Crippen molar-refractivity contribution in [2.75, 3.05) is 5.73 Å². The Morgan fingerprint density at radius 1 is 1.11 bits per heavy atom. The molecule has 0 aliphatic rings. The Hall–Kier alpha value is -2.29. The van der Waals surface area contributed by atoms with E-state index in [-0.39, 0.29) is 0 Å². The molecule has 90 valence electrons. The fourth-order valence-corrected chi connectivity index (χ4v) is 2.14. The molecule has 0 spiro atoms. The normalized spacial score (nSPS) is 11.0. The first-order chi connectivity index (χ1) is 8.65. The van der Waals surface area contributed by atoms with Gasteiger partial charge >= 0.3 is 0 Å². The summed E-state index contributed by atoms with van der Waals surface area (Å²) in [7, 11) is 0. The van der Waals surface area contributed by atoms with Gasteiger partial charge in [-0.1, -0.05) is 18.2 Å². The summed E-state index contributed by atoms with van der Waals surface area (Å²) in [5.41, 5.74) is 12.1. The molecule has 2 aromatic carbocycles. The molecule has 3 heteroatoms. The van der Waals surface area contributed by atoms with Crippen LogP contribution in [0.4, 0.5) is 5.69 Å². The van der Waals surface area contributed by atoms with Crippen LogP contribution in [-0.2, 0) is 0 Å². The van der Waals surface area contributed by atoms with Crippen LogP contribution in [0.3, 0.4) is 0 Å². The van der Waals surface area contributed by atoms with E-state index >= 15 is 0 Å². The fraction of sp³-hybridized carbons (Fsp3) is 0.133. The van der Waals surface area contributed by atoms with Gasteiger partial charge < -0.3 is 10.7 Å². The molecule has 3 nitrogen and oxygen atoms in total. The highest BCUT2D eigenvalue weighted by atomic mass is 14.9. The molecule has 0 unspecified atom stereocenters. The number of rotatable bonds is 1. The zero-order valence-corrected chi connectivity index (χ0v) is 10.5. The summed E-state index contributed by atoms with van der Waals surface area (Å²) >= 11 is 0. The lowest BCUT2D eigenvalue weighted by molar-refractivity contribution is 1.32. The first kappa shape index (κ1) is 10.8. The molecule has 1 aromatic heterocycles. The third kappa shape index (κ3) is 1.64. The van der Waals surface area contributed by atoms with Crippen molar-refractivity contribution in [3.63, 3.8) is 0 Å². The quantitative estimate of drug-likeness (QED) is 0.637. The summed E-state index contributed by atoms with van der Waals surface area (Å²) in [5, 5.41) is 0. The largest absolute Gasteiger partial charge is 0.399 e. The molecule has 0 amide bonds. The number of aryl methyl sites for hydroxylation is 2. The Labute approximate surface area is 106 Å². The van der Waals surface area contributed by atoms with Gasteiger partial charge in [-0.2, -0.15) is 0 Å². The van der Waals surface area contributed by atoms with E-state index in [0.29, 0.717) is 0 Å². The third-order valence-corrected chi connectivity index (χ3v) is 3.34. The lowest BCUT2D eigenvalue weighted by Crippen LogP contribution is -1.86.